The van der Waals surface area contributed by atoms with E-state index >= 15 is 0 Å². The summed E-state index contributed by atoms with van der Waals surface area (Å²) in [6.07, 6.45) is 0. The van der Waals surface area contributed by atoms with E-state index in [1.807, 2.05) is 20.8 Å². The average molecular weight is 271 g/mol. The standard InChI is InChI=1S/C11H17N3O3S/c1-5-9(18-8(4)12-5)6(2)13-11(17)14-7(3)10(15)16/h6-7H,1-4H3,(H,15,16)(H2,13,14,17)/t6?,7-/m1/s1. The number of rotatable bonds is 4. The van der Waals surface area contributed by atoms with Gasteiger partial charge in [-0.05, 0) is 27.7 Å². The molecule has 2 amide bonds. The van der Waals surface area contributed by atoms with Crippen molar-refractivity contribution in [1.29, 1.82) is 0 Å². The van der Waals surface area contributed by atoms with Crippen LogP contribution in [0, 0.1) is 13.8 Å². The molecule has 1 aromatic rings. The van der Waals surface area contributed by atoms with Gasteiger partial charge in [0.25, 0.3) is 0 Å². The molecule has 100 valence electrons. The molecule has 18 heavy (non-hydrogen) atoms. The molecule has 0 saturated carbocycles. The molecule has 0 fully saturated rings. The number of hydrogen-bond acceptors (Lipinski definition) is 4. The van der Waals surface area contributed by atoms with Gasteiger partial charge >= 0.3 is 12.0 Å². The number of nitrogens with zero attached hydrogens (tertiary/aromatic N) is 1. The number of urea groups is 1. The molecule has 0 radical (unpaired) electrons. The Labute approximate surface area is 109 Å². The summed E-state index contributed by atoms with van der Waals surface area (Å²) in [5.74, 6) is -1.07. The van der Waals surface area contributed by atoms with Crippen LogP contribution in [-0.4, -0.2) is 28.1 Å². The molecule has 6 nitrogen and oxygen atoms in total. The molecule has 0 spiro atoms. The summed E-state index contributed by atoms with van der Waals surface area (Å²) in [7, 11) is 0. The van der Waals surface area contributed by atoms with E-state index in [4.69, 9.17) is 5.11 Å². The minimum atomic E-state index is -1.07. The molecule has 0 saturated heterocycles. The van der Waals surface area contributed by atoms with E-state index in [1.54, 1.807) is 0 Å². The third kappa shape index (κ3) is 3.69. The van der Waals surface area contributed by atoms with Gasteiger partial charge in [-0.25, -0.2) is 9.78 Å². The number of carbonyl (C=O) groups is 2. The quantitative estimate of drug-likeness (QED) is 0.775. The van der Waals surface area contributed by atoms with Gasteiger partial charge in [-0.1, -0.05) is 0 Å². The van der Waals surface area contributed by atoms with Crippen molar-refractivity contribution in [3.63, 3.8) is 0 Å². The highest BCUT2D eigenvalue weighted by molar-refractivity contribution is 7.11. The second-order valence-electron chi connectivity index (χ2n) is 4.08. The van der Waals surface area contributed by atoms with Gasteiger partial charge < -0.3 is 15.7 Å². The summed E-state index contributed by atoms with van der Waals surface area (Å²) < 4.78 is 0. The number of thiazole rings is 1. The molecule has 1 rings (SSSR count). The number of aromatic nitrogens is 1. The summed E-state index contributed by atoms with van der Waals surface area (Å²) >= 11 is 1.52. The van der Waals surface area contributed by atoms with Crippen molar-refractivity contribution in [2.75, 3.05) is 0 Å². The smallest absolute Gasteiger partial charge is 0.325 e. The lowest BCUT2D eigenvalue weighted by Crippen LogP contribution is -2.45. The lowest BCUT2D eigenvalue weighted by atomic mass is 10.2. The fourth-order valence-corrected chi connectivity index (χ4v) is 2.44. The molecule has 7 heteroatoms. The van der Waals surface area contributed by atoms with E-state index in [0.717, 1.165) is 15.6 Å². The van der Waals surface area contributed by atoms with Crippen LogP contribution in [0.25, 0.3) is 0 Å². The Morgan fingerprint density at radius 1 is 1.28 bits per heavy atom. The van der Waals surface area contributed by atoms with Crippen LogP contribution in [0.3, 0.4) is 0 Å². The van der Waals surface area contributed by atoms with Crippen LogP contribution in [0.4, 0.5) is 4.79 Å². The molecular formula is C11H17N3O3S. The van der Waals surface area contributed by atoms with Crippen LogP contribution < -0.4 is 10.6 Å². The highest BCUT2D eigenvalue weighted by Crippen LogP contribution is 2.24. The molecule has 0 aromatic carbocycles. The van der Waals surface area contributed by atoms with Crippen molar-refractivity contribution in [2.45, 2.75) is 39.8 Å². The molecule has 0 aliphatic rings. The number of aliphatic carboxylic acids is 1. The normalized spacial score (nSPS) is 13.8. The summed E-state index contributed by atoms with van der Waals surface area (Å²) in [6.45, 7) is 7.04. The molecule has 0 aliphatic heterocycles. The number of amides is 2. The van der Waals surface area contributed by atoms with E-state index in [0.29, 0.717) is 0 Å². The highest BCUT2D eigenvalue weighted by atomic mass is 32.1. The van der Waals surface area contributed by atoms with Crippen LogP contribution in [-0.2, 0) is 4.79 Å². The van der Waals surface area contributed by atoms with Crippen molar-refractivity contribution < 1.29 is 14.7 Å². The summed E-state index contributed by atoms with van der Waals surface area (Å²) in [6, 6.07) is -1.61. The molecule has 2 atom stereocenters. The largest absolute Gasteiger partial charge is 0.480 e. The van der Waals surface area contributed by atoms with Gasteiger partial charge in [0.2, 0.25) is 0 Å². The second-order valence-corrected chi connectivity index (χ2v) is 5.32. The lowest BCUT2D eigenvalue weighted by Gasteiger charge is -2.15. The zero-order valence-electron chi connectivity index (χ0n) is 10.8. The Bertz CT molecular complexity index is 458. The zero-order valence-corrected chi connectivity index (χ0v) is 11.6. The van der Waals surface area contributed by atoms with Gasteiger partial charge in [0.15, 0.2) is 0 Å². The maximum absolute atomic E-state index is 11.6. The minimum Gasteiger partial charge on any atom is -0.480 e. The highest BCUT2D eigenvalue weighted by Gasteiger charge is 2.18. The first-order valence-corrected chi connectivity index (χ1v) is 6.36. The maximum Gasteiger partial charge on any atom is 0.325 e. The van der Waals surface area contributed by atoms with Crippen LogP contribution >= 0.6 is 11.3 Å². The van der Waals surface area contributed by atoms with Gasteiger partial charge in [0.1, 0.15) is 6.04 Å². The van der Waals surface area contributed by atoms with Crippen molar-refractivity contribution in [1.82, 2.24) is 15.6 Å². The summed E-state index contributed by atoms with van der Waals surface area (Å²) in [4.78, 5) is 27.4. The fourth-order valence-electron chi connectivity index (χ4n) is 1.51. The maximum atomic E-state index is 11.6. The number of aryl methyl sites for hydroxylation is 2. The number of carboxylic acids is 1. The third-order valence-electron chi connectivity index (χ3n) is 2.40. The van der Waals surface area contributed by atoms with Crippen LogP contribution in [0.5, 0.6) is 0 Å². The first kappa shape index (κ1) is 14.4. The number of hydrogen-bond donors (Lipinski definition) is 3. The molecule has 0 bridgehead atoms. The van der Waals surface area contributed by atoms with Crippen LogP contribution in [0.2, 0.25) is 0 Å². The Kier molecular flexibility index (Phi) is 4.66. The predicted molar refractivity (Wildman–Crippen MR) is 68.8 cm³/mol. The van der Waals surface area contributed by atoms with E-state index in [9.17, 15) is 9.59 Å². The van der Waals surface area contributed by atoms with Crippen LogP contribution in [0.1, 0.15) is 35.5 Å². The lowest BCUT2D eigenvalue weighted by molar-refractivity contribution is -0.138. The molecule has 1 unspecified atom stereocenters. The number of nitrogens with one attached hydrogen (secondary N) is 2. The Morgan fingerprint density at radius 3 is 2.33 bits per heavy atom. The van der Waals surface area contributed by atoms with Gasteiger partial charge in [-0.2, -0.15) is 0 Å². The molecule has 0 aliphatic carbocycles. The van der Waals surface area contributed by atoms with Gasteiger partial charge in [-0.15, -0.1) is 11.3 Å². The van der Waals surface area contributed by atoms with Gasteiger partial charge in [0.05, 0.1) is 16.7 Å². The second kappa shape index (κ2) is 5.81. The third-order valence-corrected chi connectivity index (χ3v) is 3.65. The van der Waals surface area contributed by atoms with E-state index in [-0.39, 0.29) is 6.04 Å². The Balaban J connectivity index is 2.60. The number of carbonyl (C=O) groups excluding carboxylic acids is 1. The van der Waals surface area contributed by atoms with E-state index < -0.39 is 18.0 Å². The van der Waals surface area contributed by atoms with Gasteiger partial charge in [0, 0.05) is 4.88 Å². The molecule has 1 heterocycles. The monoisotopic (exact) mass is 271 g/mol. The predicted octanol–water partition coefficient (Wildman–Crippen LogP) is 1.59. The molecular weight excluding hydrogens is 254 g/mol. The number of carboxylic acid groups (broad SMARTS) is 1. The summed E-state index contributed by atoms with van der Waals surface area (Å²) in [5.41, 5.74) is 0.886. The first-order valence-electron chi connectivity index (χ1n) is 5.55. The van der Waals surface area contributed by atoms with Crippen molar-refractivity contribution in [3.05, 3.63) is 15.6 Å². The van der Waals surface area contributed by atoms with Crippen LogP contribution in [0.15, 0.2) is 0 Å². The van der Waals surface area contributed by atoms with Gasteiger partial charge in [-0.3, -0.25) is 4.79 Å². The molecule has 3 N–H and O–H groups in total. The molecule has 1 aromatic heterocycles. The first-order chi connectivity index (χ1) is 8.31. The zero-order chi connectivity index (χ0) is 13.9. The van der Waals surface area contributed by atoms with Crippen molar-refractivity contribution >= 4 is 23.3 Å². The van der Waals surface area contributed by atoms with E-state index in [2.05, 4.69) is 15.6 Å². The Morgan fingerprint density at radius 2 is 1.89 bits per heavy atom. The average Bonchev–Trinajstić information content (AvgIpc) is 2.57. The topological polar surface area (TPSA) is 91.3 Å². The minimum absolute atomic E-state index is 0.197. The van der Waals surface area contributed by atoms with Crippen molar-refractivity contribution in [3.8, 4) is 0 Å². The summed E-state index contributed by atoms with van der Waals surface area (Å²) in [5, 5.41) is 14.7. The van der Waals surface area contributed by atoms with Crippen molar-refractivity contribution in [2.24, 2.45) is 0 Å². The SMILES string of the molecule is Cc1nc(C)c(C(C)NC(=O)N[C@H](C)C(=O)O)s1. The van der Waals surface area contributed by atoms with E-state index in [1.165, 1.54) is 18.3 Å². The Hall–Kier alpha value is -1.63. The fraction of sp³-hybridized carbons (Fsp3) is 0.545.